The van der Waals surface area contributed by atoms with Gasteiger partial charge in [-0.1, -0.05) is 6.92 Å². The number of amides is 1. The number of carbonyl (C=O) groups excluding carboxylic acids is 1. The molecule has 1 N–H and O–H groups in total. The van der Waals surface area contributed by atoms with Crippen LogP contribution in [0.5, 0.6) is 0 Å². The van der Waals surface area contributed by atoms with E-state index in [1.54, 1.807) is 60.3 Å². The number of nitrogens with one attached hydrogen (secondary N) is 1. The molecule has 7 heteroatoms. The molecule has 5 nitrogen and oxygen atoms in total. The number of hydrogen-bond donors (Lipinski definition) is 1. The number of thioether (sulfide) groups is 1. The summed E-state index contributed by atoms with van der Waals surface area (Å²) in [6.45, 7) is 5.93. The SMILES string of the molecule is CCC(C)(C)NC(=O)c1ccc(N(C)S(=O)(=O)c2ccc(SC)cc2)cc1. The normalized spacial score (nSPS) is 11.9. The van der Waals surface area contributed by atoms with Crippen LogP contribution in [0.15, 0.2) is 58.3 Å². The lowest BCUT2D eigenvalue weighted by molar-refractivity contribution is 0.0911. The van der Waals surface area contributed by atoms with E-state index in [-0.39, 0.29) is 16.3 Å². The first-order chi connectivity index (χ1) is 12.6. The van der Waals surface area contributed by atoms with Crippen molar-refractivity contribution in [2.45, 2.75) is 42.5 Å². The standard InChI is InChI=1S/C20H26N2O3S2/c1-6-20(2,3)21-19(23)15-7-9-16(10-8-15)22(4)27(24,25)18-13-11-17(26-5)12-14-18/h7-14H,6H2,1-5H3,(H,21,23). The van der Waals surface area contributed by atoms with Crippen LogP contribution in [0.3, 0.4) is 0 Å². The predicted molar refractivity (Wildman–Crippen MR) is 112 cm³/mol. The molecule has 0 atom stereocenters. The molecule has 146 valence electrons. The summed E-state index contributed by atoms with van der Waals surface area (Å²) in [6, 6.07) is 13.3. The van der Waals surface area contributed by atoms with Gasteiger partial charge in [0.1, 0.15) is 0 Å². The third-order valence-corrected chi connectivity index (χ3v) is 7.09. The summed E-state index contributed by atoms with van der Waals surface area (Å²) in [5, 5.41) is 2.97. The molecule has 0 fully saturated rings. The van der Waals surface area contributed by atoms with Crippen molar-refractivity contribution >= 4 is 33.4 Å². The number of nitrogens with zero attached hydrogens (tertiary/aromatic N) is 1. The topological polar surface area (TPSA) is 66.5 Å². The number of hydrogen-bond acceptors (Lipinski definition) is 4. The van der Waals surface area contributed by atoms with E-state index in [0.717, 1.165) is 11.3 Å². The van der Waals surface area contributed by atoms with Crippen LogP contribution in [0.25, 0.3) is 0 Å². The van der Waals surface area contributed by atoms with E-state index < -0.39 is 10.0 Å². The lowest BCUT2D eigenvalue weighted by Crippen LogP contribution is -2.42. The maximum atomic E-state index is 12.8. The Morgan fingerprint density at radius 2 is 1.63 bits per heavy atom. The highest BCUT2D eigenvalue weighted by Gasteiger charge is 2.22. The Labute approximate surface area is 166 Å². The molecule has 0 aliphatic carbocycles. The van der Waals surface area contributed by atoms with Gasteiger partial charge in [0.25, 0.3) is 15.9 Å². The molecular formula is C20H26N2O3S2. The summed E-state index contributed by atoms with van der Waals surface area (Å²) in [5.74, 6) is -0.174. The molecule has 0 aliphatic heterocycles. The van der Waals surface area contributed by atoms with E-state index >= 15 is 0 Å². The van der Waals surface area contributed by atoms with Gasteiger partial charge in [-0.3, -0.25) is 9.10 Å². The highest BCUT2D eigenvalue weighted by molar-refractivity contribution is 7.98. The smallest absolute Gasteiger partial charge is 0.264 e. The second-order valence-corrected chi connectivity index (χ2v) is 9.74. The Kier molecular flexibility index (Phi) is 6.59. The highest BCUT2D eigenvalue weighted by Crippen LogP contribution is 2.24. The van der Waals surface area contributed by atoms with Gasteiger partial charge < -0.3 is 5.32 Å². The van der Waals surface area contributed by atoms with Crippen molar-refractivity contribution in [1.82, 2.24) is 5.32 Å². The summed E-state index contributed by atoms with van der Waals surface area (Å²) in [4.78, 5) is 13.6. The summed E-state index contributed by atoms with van der Waals surface area (Å²) in [7, 11) is -2.15. The van der Waals surface area contributed by atoms with Crippen LogP contribution in [0.1, 0.15) is 37.6 Å². The van der Waals surface area contributed by atoms with Crippen molar-refractivity contribution < 1.29 is 13.2 Å². The van der Waals surface area contributed by atoms with Crippen LogP contribution >= 0.6 is 11.8 Å². The summed E-state index contributed by atoms with van der Waals surface area (Å²) < 4.78 is 26.9. The average molecular weight is 407 g/mol. The van der Waals surface area contributed by atoms with E-state index in [4.69, 9.17) is 0 Å². The van der Waals surface area contributed by atoms with Crippen LogP contribution in [0.2, 0.25) is 0 Å². The third kappa shape index (κ3) is 5.05. The average Bonchev–Trinajstić information content (AvgIpc) is 2.67. The molecule has 1 amide bonds. The summed E-state index contributed by atoms with van der Waals surface area (Å²) >= 11 is 1.56. The monoisotopic (exact) mass is 406 g/mol. The van der Waals surface area contributed by atoms with Crippen LogP contribution in [0, 0.1) is 0 Å². The van der Waals surface area contributed by atoms with Crippen molar-refractivity contribution in [3.05, 3.63) is 54.1 Å². The van der Waals surface area contributed by atoms with Crippen molar-refractivity contribution in [3.63, 3.8) is 0 Å². The van der Waals surface area contributed by atoms with Gasteiger partial charge in [0.05, 0.1) is 10.6 Å². The lowest BCUT2D eigenvalue weighted by atomic mass is 10.0. The van der Waals surface area contributed by atoms with Crippen molar-refractivity contribution in [1.29, 1.82) is 0 Å². The first-order valence-electron chi connectivity index (χ1n) is 8.66. The minimum absolute atomic E-state index is 0.174. The molecule has 0 aliphatic rings. The lowest BCUT2D eigenvalue weighted by Gasteiger charge is -2.24. The Bertz CT molecular complexity index is 890. The zero-order valence-corrected chi connectivity index (χ0v) is 17.9. The van der Waals surface area contributed by atoms with Gasteiger partial charge in [0.2, 0.25) is 0 Å². The van der Waals surface area contributed by atoms with Crippen LogP contribution in [0.4, 0.5) is 5.69 Å². The van der Waals surface area contributed by atoms with Crippen molar-refractivity contribution in [2.24, 2.45) is 0 Å². The van der Waals surface area contributed by atoms with Gasteiger partial charge in [-0.2, -0.15) is 0 Å². The molecule has 27 heavy (non-hydrogen) atoms. The number of rotatable bonds is 7. The van der Waals surface area contributed by atoms with Crippen LogP contribution in [-0.2, 0) is 10.0 Å². The van der Waals surface area contributed by atoms with Gasteiger partial charge in [0, 0.05) is 23.0 Å². The fraction of sp³-hybridized carbons (Fsp3) is 0.350. The van der Waals surface area contributed by atoms with E-state index in [2.05, 4.69) is 5.32 Å². The fourth-order valence-electron chi connectivity index (χ4n) is 2.34. The molecule has 0 spiro atoms. The molecule has 0 heterocycles. The number of benzene rings is 2. The Hall–Kier alpha value is -1.99. The zero-order chi connectivity index (χ0) is 20.2. The predicted octanol–water partition coefficient (Wildman–Crippen LogP) is 4.15. The van der Waals surface area contributed by atoms with Crippen molar-refractivity contribution in [3.8, 4) is 0 Å². The van der Waals surface area contributed by atoms with Crippen molar-refractivity contribution in [2.75, 3.05) is 17.6 Å². The summed E-state index contributed by atoms with van der Waals surface area (Å²) in [5.41, 5.74) is 0.699. The van der Waals surface area contributed by atoms with E-state index in [1.165, 1.54) is 11.4 Å². The Morgan fingerprint density at radius 3 is 2.11 bits per heavy atom. The van der Waals surface area contributed by atoms with Gasteiger partial charge in [-0.05, 0) is 75.1 Å². The quantitative estimate of drug-likeness (QED) is 0.702. The fourth-order valence-corrected chi connectivity index (χ4v) is 3.94. The van der Waals surface area contributed by atoms with Gasteiger partial charge in [0.15, 0.2) is 0 Å². The van der Waals surface area contributed by atoms with Crippen LogP contribution in [-0.4, -0.2) is 33.2 Å². The van der Waals surface area contributed by atoms with Gasteiger partial charge in [-0.15, -0.1) is 11.8 Å². The maximum Gasteiger partial charge on any atom is 0.264 e. The second kappa shape index (κ2) is 8.35. The van der Waals surface area contributed by atoms with Crippen LogP contribution < -0.4 is 9.62 Å². The first-order valence-corrected chi connectivity index (χ1v) is 11.3. The molecule has 0 radical (unpaired) electrons. The first kappa shape index (κ1) is 21.3. The molecular weight excluding hydrogens is 380 g/mol. The molecule has 2 rings (SSSR count). The number of anilines is 1. The highest BCUT2D eigenvalue weighted by atomic mass is 32.2. The zero-order valence-electron chi connectivity index (χ0n) is 16.3. The van der Waals surface area contributed by atoms with E-state index in [1.807, 2.05) is 27.0 Å². The third-order valence-electron chi connectivity index (χ3n) is 4.55. The minimum atomic E-state index is -3.66. The number of carbonyl (C=O) groups is 1. The molecule has 2 aromatic carbocycles. The van der Waals surface area contributed by atoms with E-state index in [0.29, 0.717) is 11.3 Å². The molecule has 2 aromatic rings. The molecule has 0 saturated heterocycles. The van der Waals surface area contributed by atoms with Gasteiger partial charge in [-0.25, -0.2) is 8.42 Å². The molecule has 0 unspecified atom stereocenters. The summed E-state index contributed by atoms with van der Waals surface area (Å²) in [6.07, 6.45) is 2.75. The number of sulfonamides is 1. The Morgan fingerprint density at radius 1 is 1.07 bits per heavy atom. The van der Waals surface area contributed by atoms with Gasteiger partial charge >= 0.3 is 0 Å². The largest absolute Gasteiger partial charge is 0.347 e. The van der Waals surface area contributed by atoms with E-state index in [9.17, 15) is 13.2 Å². The second-order valence-electron chi connectivity index (χ2n) is 6.89. The Balaban J connectivity index is 2.21. The maximum absolute atomic E-state index is 12.8. The molecule has 0 aromatic heterocycles. The minimum Gasteiger partial charge on any atom is -0.347 e. The molecule has 0 bridgehead atoms. The molecule has 0 saturated carbocycles.